The molecule has 0 aliphatic rings. The molecule has 0 aliphatic carbocycles. The third-order valence-corrected chi connectivity index (χ3v) is 3.51. The first kappa shape index (κ1) is 18.7. The van der Waals surface area contributed by atoms with Crippen LogP contribution in [0.2, 0.25) is 5.02 Å². The van der Waals surface area contributed by atoms with Gasteiger partial charge in [0.15, 0.2) is 5.11 Å². The summed E-state index contributed by atoms with van der Waals surface area (Å²) in [7, 11) is 0. The zero-order valence-electron chi connectivity index (χ0n) is 13.4. The summed E-state index contributed by atoms with van der Waals surface area (Å²) in [6.45, 7) is 1.44. The SMILES string of the molecule is CC(=O)Nc1ccc(CC(=O)NNC(=S)Nc2ccc(Cl)cc2)cc1. The first-order valence-corrected chi connectivity index (χ1v) is 8.19. The number of anilines is 2. The molecular formula is C17H17ClN4O2S. The lowest BCUT2D eigenvalue weighted by atomic mass is 10.1. The number of benzene rings is 2. The molecular weight excluding hydrogens is 360 g/mol. The van der Waals surface area contributed by atoms with Crippen LogP contribution >= 0.6 is 23.8 Å². The molecule has 0 saturated carbocycles. The number of halogens is 1. The third-order valence-electron chi connectivity index (χ3n) is 3.06. The lowest BCUT2D eigenvalue weighted by Crippen LogP contribution is -2.44. The quantitative estimate of drug-likeness (QED) is 0.487. The van der Waals surface area contributed by atoms with Gasteiger partial charge in [0.2, 0.25) is 11.8 Å². The Labute approximate surface area is 155 Å². The van der Waals surface area contributed by atoms with E-state index in [0.29, 0.717) is 10.7 Å². The van der Waals surface area contributed by atoms with Crippen molar-refractivity contribution in [3.05, 3.63) is 59.1 Å². The van der Waals surface area contributed by atoms with Crippen LogP contribution in [0.15, 0.2) is 48.5 Å². The van der Waals surface area contributed by atoms with Crippen molar-refractivity contribution in [2.45, 2.75) is 13.3 Å². The lowest BCUT2D eigenvalue weighted by Gasteiger charge is -2.12. The number of carbonyl (C=O) groups is 2. The molecule has 2 aromatic carbocycles. The van der Waals surface area contributed by atoms with E-state index in [1.54, 1.807) is 48.5 Å². The minimum atomic E-state index is -0.243. The Morgan fingerprint density at radius 2 is 1.48 bits per heavy atom. The van der Waals surface area contributed by atoms with Gasteiger partial charge in [0.05, 0.1) is 6.42 Å². The van der Waals surface area contributed by atoms with Crippen LogP contribution in [0.5, 0.6) is 0 Å². The number of hydrogen-bond acceptors (Lipinski definition) is 3. The maximum atomic E-state index is 11.9. The molecule has 0 atom stereocenters. The number of hydrazine groups is 1. The van der Waals surface area contributed by atoms with Crippen LogP contribution in [0.3, 0.4) is 0 Å². The zero-order chi connectivity index (χ0) is 18.2. The molecule has 2 rings (SSSR count). The lowest BCUT2D eigenvalue weighted by molar-refractivity contribution is -0.121. The van der Waals surface area contributed by atoms with Gasteiger partial charge in [-0.1, -0.05) is 23.7 Å². The van der Waals surface area contributed by atoms with E-state index in [2.05, 4.69) is 21.5 Å². The van der Waals surface area contributed by atoms with Crippen molar-refractivity contribution in [2.24, 2.45) is 0 Å². The molecule has 6 nitrogen and oxygen atoms in total. The Morgan fingerprint density at radius 3 is 2.08 bits per heavy atom. The molecule has 2 aromatic rings. The summed E-state index contributed by atoms with van der Waals surface area (Å²) in [5.74, 6) is -0.385. The van der Waals surface area contributed by atoms with E-state index in [1.165, 1.54) is 6.92 Å². The molecule has 0 saturated heterocycles. The van der Waals surface area contributed by atoms with Gasteiger partial charge in [-0.25, -0.2) is 0 Å². The minimum Gasteiger partial charge on any atom is -0.331 e. The molecule has 0 radical (unpaired) electrons. The van der Waals surface area contributed by atoms with Crippen LogP contribution in [0.1, 0.15) is 12.5 Å². The molecule has 0 heterocycles. The Kier molecular flexibility index (Phi) is 6.73. The average molecular weight is 377 g/mol. The topological polar surface area (TPSA) is 82.3 Å². The highest BCUT2D eigenvalue weighted by Gasteiger charge is 2.05. The number of carbonyl (C=O) groups excluding carboxylic acids is 2. The van der Waals surface area contributed by atoms with Crippen molar-refractivity contribution in [3.8, 4) is 0 Å². The third kappa shape index (κ3) is 6.78. The average Bonchev–Trinajstić information content (AvgIpc) is 2.56. The van der Waals surface area contributed by atoms with Gasteiger partial charge in [0.1, 0.15) is 0 Å². The van der Waals surface area contributed by atoms with E-state index in [9.17, 15) is 9.59 Å². The fourth-order valence-corrected chi connectivity index (χ4v) is 2.26. The van der Waals surface area contributed by atoms with Crippen molar-refractivity contribution < 1.29 is 9.59 Å². The fourth-order valence-electron chi connectivity index (χ4n) is 1.96. The van der Waals surface area contributed by atoms with Crippen molar-refractivity contribution in [1.29, 1.82) is 0 Å². The largest absolute Gasteiger partial charge is 0.331 e. The molecule has 25 heavy (non-hydrogen) atoms. The predicted octanol–water partition coefficient (Wildman–Crippen LogP) is 2.86. The van der Waals surface area contributed by atoms with Crippen LogP contribution in [0.25, 0.3) is 0 Å². The van der Waals surface area contributed by atoms with Gasteiger partial charge in [-0.2, -0.15) is 0 Å². The highest BCUT2D eigenvalue weighted by Crippen LogP contribution is 2.13. The summed E-state index contributed by atoms with van der Waals surface area (Å²) < 4.78 is 0. The monoisotopic (exact) mass is 376 g/mol. The number of thiocarbonyl (C=S) groups is 1. The van der Waals surface area contributed by atoms with Crippen LogP contribution in [-0.2, 0) is 16.0 Å². The van der Waals surface area contributed by atoms with Crippen LogP contribution in [0.4, 0.5) is 11.4 Å². The molecule has 0 unspecified atom stereocenters. The van der Waals surface area contributed by atoms with E-state index in [4.69, 9.17) is 23.8 Å². The summed E-state index contributed by atoms with van der Waals surface area (Å²) >= 11 is 10.9. The summed E-state index contributed by atoms with van der Waals surface area (Å²) in [4.78, 5) is 22.9. The smallest absolute Gasteiger partial charge is 0.242 e. The number of amides is 2. The Morgan fingerprint density at radius 1 is 0.920 bits per heavy atom. The van der Waals surface area contributed by atoms with Gasteiger partial charge in [-0.15, -0.1) is 0 Å². The highest BCUT2D eigenvalue weighted by atomic mass is 35.5. The van der Waals surface area contributed by atoms with Crippen LogP contribution < -0.4 is 21.5 Å². The zero-order valence-corrected chi connectivity index (χ0v) is 15.0. The summed E-state index contributed by atoms with van der Waals surface area (Å²) in [5, 5.41) is 6.48. The highest BCUT2D eigenvalue weighted by molar-refractivity contribution is 7.80. The van der Waals surface area contributed by atoms with E-state index in [0.717, 1.165) is 11.3 Å². The molecule has 0 bridgehead atoms. The summed E-state index contributed by atoms with van der Waals surface area (Å²) in [5.41, 5.74) is 7.40. The van der Waals surface area contributed by atoms with Crippen molar-refractivity contribution >= 4 is 52.1 Å². The number of nitrogens with one attached hydrogen (secondary N) is 4. The number of rotatable bonds is 4. The second-order valence-electron chi connectivity index (χ2n) is 5.19. The maximum absolute atomic E-state index is 11.9. The van der Waals surface area contributed by atoms with E-state index in [1.807, 2.05) is 0 Å². The normalized spacial score (nSPS) is 9.84. The van der Waals surface area contributed by atoms with E-state index >= 15 is 0 Å². The molecule has 4 N–H and O–H groups in total. The molecule has 2 amide bonds. The Hall–Kier alpha value is -2.64. The Balaban J connectivity index is 1.77. The minimum absolute atomic E-state index is 0.142. The molecule has 0 spiro atoms. The standard InChI is InChI=1S/C17H17ClN4O2S/c1-11(23)19-14-6-2-12(3-7-14)10-16(24)21-22-17(25)20-15-8-4-13(18)5-9-15/h2-9H,10H2,1H3,(H,19,23)(H,21,24)(H2,20,22,25). The first-order chi connectivity index (χ1) is 11.9. The van der Waals surface area contributed by atoms with Crippen molar-refractivity contribution in [3.63, 3.8) is 0 Å². The number of hydrogen-bond donors (Lipinski definition) is 4. The van der Waals surface area contributed by atoms with Gasteiger partial charge in [-0.3, -0.25) is 20.4 Å². The summed E-state index contributed by atoms with van der Waals surface area (Å²) in [6.07, 6.45) is 0.177. The van der Waals surface area contributed by atoms with Gasteiger partial charge < -0.3 is 10.6 Å². The van der Waals surface area contributed by atoms with Crippen LogP contribution in [0, 0.1) is 0 Å². The first-order valence-electron chi connectivity index (χ1n) is 7.40. The summed E-state index contributed by atoms with van der Waals surface area (Å²) in [6, 6.07) is 14.0. The molecule has 0 aromatic heterocycles. The fraction of sp³-hybridized carbons (Fsp3) is 0.118. The Bertz CT molecular complexity index is 763. The predicted molar refractivity (Wildman–Crippen MR) is 103 cm³/mol. The van der Waals surface area contributed by atoms with Gasteiger partial charge in [0.25, 0.3) is 0 Å². The molecule has 130 valence electrons. The van der Waals surface area contributed by atoms with Crippen LogP contribution in [-0.4, -0.2) is 16.9 Å². The van der Waals surface area contributed by atoms with E-state index in [-0.39, 0.29) is 23.3 Å². The van der Waals surface area contributed by atoms with Gasteiger partial charge in [-0.05, 0) is 54.2 Å². The van der Waals surface area contributed by atoms with Crippen molar-refractivity contribution in [2.75, 3.05) is 10.6 Å². The maximum Gasteiger partial charge on any atom is 0.242 e. The second-order valence-corrected chi connectivity index (χ2v) is 6.03. The second kappa shape index (κ2) is 9.00. The van der Waals surface area contributed by atoms with E-state index < -0.39 is 0 Å². The molecule has 0 aliphatic heterocycles. The molecule has 8 heteroatoms. The van der Waals surface area contributed by atoms with Gasteiger partial charge in [0, 0.05) is 23.3 Å². The molecule has 0 fully saturated rings. The van der Waals surface area contributed by atoms with Gasteiger partial charge >= 0.3 is 0 Å². The van der Waals surface area contributed by atoms with Crippen molar-refractivity contribution in [1.82, 2.24) is 10.9 Å².